The quantitative estimate of drug-likeness (QED) is 0.402. The van der Waals surface area contributed by atoms with Crippen molar-refractivity contribution in [3.8, 4) is 5.75 Å². The average molecular weight is 619 g/mol. The normalized spacial score (nSPS) is 42.0. The number of alkyl halides is 3. The van der Waals surface area contributed by atoms with Crippen LogP contribution in [0.2, 0.25) is 4.34 Å². The number of ether oxygens (including phenoxy) is 2. The largest absolute Gasteiger partial charge is 0.493 e. The predicted molar refractivity (Wildman–Crippen MR) is 146 cm³/mol. The van der Waals surface area contributed by atoms with Crippen LogP contribution in [0.5, 0.6) is 5.75 Å². The molecule has 1 aromatic heterocycles. The summed E-state index contributed by atoms with van der Waals surface area (Å²) < 4.78 is 58.4. The average Bonchev–Trinajstić information content (AvgIpc) is 3.37. The lowest BCUT2D eigenvalue weighted by Gasteiger charge is -2.63. The SMILES string of the molecule is COc1c(C(=O)OC2(C(=O)SCF)C(C)C[C@H]3[C@@H]4CC(F)C5=CC(=O)C=C[C@]5(C)C4(F)C(O)C[C@@]32C)csc1Cl. The second-order valence-corrected chi connectivity index (χ2v) is 14.0. The van der Waals surface area contributed by atoms with E-state index < -0.39 is 75.0 Å². The van der Waals surface area contributed by atoms with Gasteiger partial charge in [0.25, 0.3) is 0 Å². The molecule has 6 nitrogen and oxygen atoms in total. The highest BCUT2D eigenvalue weighted by atomic mass is 35.5. The van der Waals surface area contributed by atoms with E-state index in [0.29, 0.717) is 11.8 Å². The molecular weight excluding hydrogens is 589 g/mol. The molecular formula is C28H30ClF3O6S2. The summed E-state index contributed by atoms with van der Waals surface area (Å²) in [6, 6.07) is -1.09. The van der Waals surface area contributed by atoms with Crippen molar-refractivity contribution in [3.05, 3.63) is 39.1 Å². The van der Waals surface area contributed by atoms with E-state index in [2.05, 4.69) is 0 Å². The Kier molecular flexibility index (Phi) is 7.33. The van der Waals surface area contributed by atoms with Crippen LogP contribution >= 0.6 is 34.7 Å². The molecule has 40 heavy (non-hydrogen) atoms. The molecule has 0 aromatic carbocycles. The van der Waals surface area contributed by atoms with E-state index in [4.69, 9.17) is 21.1 Å². The Labute approximate surface area is 243 Å². The minimum atomic E-state index is -2.37. The van der Waals surface area contributed by atoms with Crippen LogP contribution in [0.15, 0.2) is 29.2 Å². The number of aliphatic hydroxyl groups is 1. The zero-order chi connectivity index (χ0) is 29.4. The van der Waals surface area contributed by atoms with Crippen LogP contribution in [-0.4, -0.2) is 58.6 Å². The van der Waals surface area contributed by atoms with Crippen molar-refractivity contribution in [2.75, 3.05) is 13.1 Å². The Hall–Kier alpha value is -1.82. The summed E-state index contributed by atoms with van der Waals surface area (Å²) in [7, 11) is 1.32. The highest BCUT2D eigenvalue weighted by Crippen LogP contribution is 2.72. The molecule has 0 radical (unpaired) electrons. The zero-order valence-electron chi connectivity index (χ0n) is 22.3. The van der Waals surface area contributed by atoms with E-state index in [1.54, 1.807) is 13.8 Å². The van der Waals surface area contributed by atoms with E-state index in [1.165, 1.54) is 31.6 Å². The van der Waals surface area contributed by atoms with Gasteiger partial charge in [0.05, 0.1) is 13.2 Å². The smallest absolute Gasteiger partial charge is 0.343 e. The summed E-state index contributed by atoms with van der Waals surface area (Å²) in [5.74, 6) is -3.85. The highest BCUT2D eigenvalue weighted by molar-refractivity contribution is 8.13. The monoisotopic (exact) mass is 618 g/mol. The maximum absolute atomic E-state index is 17.5. The van der Waals surface area contributed by atoms with Gasteiger partial charge in [0.2, 0.25) is 5.12 Å². The molecule has 1 aromatic rings. The van der Waals surface area contributed by atoms with E-state index in [9.17, 15) is 23.9 Å². The number of hydrogen-bond acceptors (Lipinski definition) is 8. The van der Waals surface area contributed by atoms with E-state index in [1.807, 2.05) is 0 Å². The number of hydrogen-bond donors (Lipinski definition) is 1. The first-order valence-corrected chi connectivity index (χ1v) is 15.2. The van der Waals surface area contributed by atoms with Gasteiger partial charge in [0.15, 0.2) is 22.8 Å². The topological polar surface area (TPSA) is 89.9 Å². The van der Waals surface area contributed by atoms with Crippen molar-refractivity contribution in [2.24, 2.45) is 28.6 Å². The zero-order valence-corrected chi connectivity index (χ0v) is 24.7. The third-order valence-electron chi connectivity index (χ3n) is 10.0. The van der Waals surface area contributed by atoms with E-state index in [-0.39, 0.29) is 40.5 Å². The van der Waals surface area contributed by atoms with Gasteiger partial charge in [-0.2, -0.15) is 0 Å². The van der Waals surface area contributed by atoms with Crippen LogP contribution in [-0.2, 0) is 14.3 Å². The molecule has 9 atom stereocenters. The van der Waals surface area contributed by atoms with E-state index >= 15 is 8.78 Å². The number of thiophene rings is 1. The molecule has 0 saturated heterocycles. The fourth-order valence-electron chi connectivity index (χ4n) is 8.23. The summed E-state index contributed by atoms with van der Waals surface area (Å²) in [4.78, 5) is 39.4. The number of halogens is 4. The van der Waals surface area contributed by atoms with Crippen LogP contribution < -0.4 is 4.74 Å². The number of carbonyl (C=O) groups is 3. The number of esters is 1. The molecule has 4 aliphatic carbocycles. The van der Waals surface area contributed by atoms with Crippen LogP contribution in [0.3, 0.4) is 0 Å². The van der Waals surface area contributed by atoms with Crippen LogP contribution in [0, 0.1) is 28.6 Å². The fourth-order valence-corrected chi connectivity index (χ4v) is 10.1. The molecule has 0 amide bonds. The summed E-state index contributed by atoms with van der Waals surface area (Å²) in [5.41, 5.74) is -7.35. The number of allylic oxidation sites excluding steroid dienone is 4. The number of thioether (sulfide) groups is 1. The predicted octanol–water partition coefficient (Wildman–Crippen LogP) is 6.06. The van der Waals surface area contributed by atoms with Crippen LogP contribution in [0.4, 0.5) is 13.2 Å². The van der Waals surface area contributed by atoms with Gasteiger partial charge in [-0.15, -0.1) is 11.3 Å². The third-order valence-corrected chi connectivity index (χ3v) is 11.9. The standard InChI is InChI=1S/C28H30ClF3O6S2/c1-13-7-16-17-9-19(31)18-8-14(33)5-6-25(18,2)27(17,32)20(34)10-26(16,3)28(13,24(36)40-12-30)38-23(35)15-11-39-22(29)21(15)37-4/h5-6,8,11,13,16-17,19-20,34H,7,9-10,12H2,1-4H3/t13?,16-,17-,19?,20?,25-,26-,27?,28?/m0/s1. The molecule has 1 heterocycles. The Morgan fingerprint density at radius 3 is 2.62 bits per heavy atom. The van der Waals surface area contributed by atoms with Crippen LogP contribution in [0.25, 0.3) is 0 Å². The second-order valence-electron chi connectivity index (χ2n) is 11.6. The van der Waals surface area contributed by atoms with Gasteiger partial charge in [-0.3, -0.25) is 9.59 Å². The lowest BCUT2D eigenvalue weighted by atomic mass is 9.44. The van der Waals surface area contributed by atoms with Gasteiger partial charge in [-0.05, 0) is 61.6 Å². The number of methoxy groups -OCH3 is 1. The molecule has 3 fully saturated rings. The summed E-state index contributed by atoms with van der Waals surface area (Å²) >= 11 is 7.52. The molecule has 1 N–H and O–H groups in total. The fraction of sp³-hybridized carbons (Fsp3) is 0.607. The van der Waals surface area contributed by atoms with Crippen molar-refractivity contribution in [2.45, 2.75) is 63.6 Å². The highest BCUT2D eigenvalue weighted by Gasteiger charge is 2.78. The molecule has 0 bridgehead atoms. The lowest BCUT2D eigenvalue weighted by molar-refractivity contribution is -0.221. The van der Waals surface area contributed by atoms with Gasteiger partial charge in [0, 0.05) is 28.0 Å². The lowest BCUT2D eigenvalue weighted by Crippen LogP contribution is -2.70. The minimum absolute atomic E-state index is 0.0179. The Morgan fingerprint density at radius 2 is 1.98 bits per heavy atom. The first-order valence-electron chi connectivity index (χ1n) is 13.0. The van der Waals surface area contributed by atoms with Crippen molar-refractivity contribution in [3.63, 3.8) is 0 Å². The minimum Gasteiger partial charge on any atom is -0.493 e. The van der Waals surface area contributed by atoms with Gasteiger partial charge in [-0.25, -0.2) is 18.0 Å². The Balaban J connectivity index is 1.63. The summed E-state index contributed by atoms with van der Waals surface area (Å²) in [5, 5.41) is 12.2. The van der Waals surface area contributed by atoms with Gasteiger partial charge >= 0.3 is 5.97 Å². The first kappa shape index (κ1) is 29.7. The van der Waals surface area contributed by atoms with Crippen molar-refractivity contribution in [1.29, 1.82) is 0 Å². The first-order chi connectivity index (χ1) is 18.7. The molecule has 0 spiro atoms. The summed E-state index contributed by atoms with van der Waals surface area (Å²) in [6.07, 6.45) is -0.236. The third kappa shape index (κ3) is 3.69. The van der Waals surface area contributed by atoms with Gasteiger partial charge in [-0.1, -0.05) is 31.5 Å². The van der Waals surface area contributed by atoms with Crippen molar-refractivity contribution < 1.29 is 42.1 Å². The van der Waals surface area contributed by atoms with E-state index in [0.717, 1.165) is 17.4 Å². The molecule has 3 saturated carbocycles. The maximum atomic E-state index is 17.5. The molecule has 218 valence electrons. The van der Waals surface area contributed by atoms with Gasteiger partial charge in [0.1, 0.15) is 22.1 Å². The molecule has 5 unspecified atom stereocenters. The number of fused-ring (bicyclic) bond motifs is 5. The molecule has 5 rings (SSSR count). The molecule has 12 heteroatoms. The summed E-state index contributed by atoms with van der Waals surface area (Å²) in [6.45, 7) is 4.78. The number of ketones is 1. The molecule has 0 aliphatic heterocycles. The number of carbonyl (C=O) groups excluding carboxylic acids is 3. The Bertz CT molecular complexity index is 1330. The number of rotatable bonds is 5. The maximum Gasteiger partial charge on any atom is 0.343 e. The second kappa shape index (κ2) is 9.88. The van der Waals surface area contributed by atoms with Gasteiger partial charge < -0.3 is 14.6 Å². The van der Waals surface area contributed by atoms with Crippen molar-refractivity contribution >= 4 is 51.6 Å². The van der Waals surface area contributed by atoms with Crippen molar-refractivity contribution in [1.82, 2.24) is 0 Å². The van der Waals surface area contributed by atoms with Crippen LogP contribution in [0.1, 0.15) is 50.4 Å². The number of aliphatic hydroxyl groups excluding tert-OH is 1. The Morgan fingerprint density at radius 1 is 1.27 bits per heavy atom. The molecule has 4 aliphatic rings.